The third-order valence-corrected chi connectivity index (χ3v) is 8.74. The van der Waals surface area contributed by atoms with Gasteiger partial charge in [0.05, 0.1) is 23.9 Å². The van der Waals surface area contributed by atoms with Gasteiger partial charge in [0.25, 0.3) is 0 Å². The summed E-state index contributed by atoms with van der Waals surface area (Å²) in [5.41, 5.74) is 0.0796. The lowest BCUT2D eigenvalue weighted by Crippen LogP contribution is -2.56. The SMILES string of the molecule is CN1CCC(Oc2nc(N3CCN(C(=O)OC(C)(C)C)[C@@H](CC#N)C3)c3cnc(-c4cccc5cccc(Cl)c45)c(F)c3n2)CC1. The number of piperidine rings is 1. The number of halogens is 2. The van der Waals surface area contributed by atoms with Crippen LogP contribution in [-0.4, -0.2) is 88.4 Å². The number of ether oxygens (including phenoxy) is 2. The number of nitrogens with zero attached hydrogens (tertiary/aromatic N) is 7. The van der Waals surface area contributed by atoms with E-state index in [2.05, 4.69) is 28.0 Å². The van der Waals surface area contributed by atoms with E-state index in [0.717, 1.165) is 31.3 Å². The van der Waals surface area contributed by atoms with Crippen LogP contribution in [0.5, 0.6) is 6.01 Å². The standard InChI is InChI=1S/C34H37ClFN7O3/c1-34(2,3)46-33(44)43-18-17-42(20-22(43)11-14-37)31-25-19-38-29(24-9-5-7-21-8-6-10-26(35)27(21)24)28(36)30(25)39-32(40-31)45-23-12-15-41(4)16-13-23/h5-10,19,22-23H,11-13,15-18,20H2,1-4H3/t22-/m0/s1. The fourth-order valence-electron chi connectivity index (χ4n) is 6.14. The minimum Gasteiger partial charge on any atom is -0.460 e. The molecule has 0 aliphatic carbocycles. The van der Waals surface area contributed by atoms with Crippen LogP contribution >= 0.6 is 11.6 Å². The first-order chi connectivity index (χ1) is 22.0. The number of hydrogen-bond donors (Lipinski definition) is 0. The minimum atomic E-state index is -0.677. The zero-order chi connectivity index (χ0) is 32.6. The van der Waals surface area contributed by atoms with Gasteiger partial charge in [0.15, 0.2) is 5.82 Å². The Morgan fingerprint density at radius 1 is 1.11 bits per heavy atom. The summed E-state index contributed by atoms with van der Waals surface area (Å²) in [6.07, 6.45) is 2.68. The number of carbonyl (C=O) groups excluding carboxylic acids is 1. The summed E-state index contributed by atoms with van der Waals surface area (Å²) in [5, 5.41) is 12.1. The van der Waals surface area contributed by atoms with Gasteiger partial charge in [-0.1, -0.05) is 41.9 Å². The van der Waals surface area contributed by atoms with Gasteiger partial charge in [0.1, 0.15) is 28.7 Å². The maximum Gasteiger partial charge on any atom is 0.410 e. The molecule has 2 aromatic carbocycles. The number of likely N-dealkylation sites (tertiary alicyclic amines) is 1. The second-order valence-corrected chi connectivity index (χ2v) is 13.3. The number of rotatable bonds is 5. The molecule has 6 rings (SSSR count). The summed E-state index contributed by atoms with van der Waals surface area (Å²) in [5.74, 6) is -0.170. The molecule has 2 aliphatic heterocycles. The molecule has 2 aromatic heterocycles. The molecule has 1 amide bonds. The summed E-state index contributed by atoms with van der Waals surface area (Å²) < 4.78 is 28.6. The van der Waals surface area contributed by atoms with Gasteiger partial charge in [-0.3, -0.25) is 4.98 Å². The molecule has 0 saturated carbocycles. The first kappa shape index (κ1) is 31.7. The van der Waals surface area contributed by atoms with E-state index in [1.165, 1.54) is 0 Å². The first-order valence-electron chi connectivity index (χ1n) is 15.5. The van der Waals surface area contributed by atoms with Crippen LogP contribution in [0.1, 0.15) is 40.0 Å². The zero-order valence-corrected chi connectivity index (χ0v) is 27.2. The maximum atomic E-state index is 16.7. The van der Waals surface area contributed by atoms with Crippen LogP contribution in [0.3, 0.4) is 0 Å². The Morgan fingerprint density at radius 2 is 1.85 bits per heavy atom. The van der Waals surface area contributed by atoms with Crippen LogP contribution in [-0.2, 0) is 4.74 Å². The molecule has 2 aliphatic rings. The smallest absolute Gasteiger partial charge is 0.410 e. The third kappa shape index (κ3) is 6.50. The molecule has 240 valence electrons. The predicted octanol–water partition coefficient (Wildman–Crippen LogP) is 6.45. The average molecular weight is 646 g/mol. The van der Waals surface area contributed by atoms with E-state index in [1.807, 2.05) is 29.2 Å². The second kappa shape index (κ2) is 12.9. The Morgan fingerprint density at radius 3 is 2.57 bits per heavy atom. The van der Waals surface area contributed by atoms with Crippen molar-refractivity contribution >= 4 is 45.2 Å². The molecular formula is C34H37ClFN7O3. The predicted molar refractivity (Wildman–Crippen MR) is 176 cm³/mol. The van der Waals surface area contributed by atoms with Crippen molar-refractivity contribution in [3.63, 3.8) is 0 Å². The number of nitriles is 1. The van der Waals surface area contributed by atoms with Crippen molar-refractivity contribution in [2.24, 2.45) is 0 Å². The van der Waals surface area contributed by atoms with Crippen molar-refractivity contribution in [2.75, 3.05) is 44.7 Å². The van der Waals surface area contributed by atoms with Crippen LogP contribution in [0.2, 0.25) is 5.02 Å². The topological polar surface area (TPSA) is 108 Å². The molecule has 1 atom stereocenters. The number of pyridine rings is 1. The number of amides is 1. The highest BCUT2D eigenvalue weighted by molar-refractivity contribution is 6.36. The van der Waals surface area contributed by atoms with Gasteiger partial charge in [-0.05, 0) is 52.1 Å². The molecule has 2 saturated heterocycles. The van der Waals surface area contributed by atoms with E-state index in [9.17, 15) is 10.1 Å². The Kier molecular flexibility index (Phi) is 8.86. The van der Waals surface area contributed by atoms with E-state index in [-0.39, 0.29) is 36.3 Å². The largest absolute Gasteiger partial charge is 0.460 e. The summed E-state index contributed by atoms with van der Waals surface area (Å²) in [6, 6.07) is 12.9. The van der Waals surface area contributed by atoms with E-state index in [1.54, 1.807) is 44.0 Å². The maximum absolute atomic E-state index is 16.7. The molecule has 10 nitrogen and oxygen atoms in total. The molecule has 12 heteroatoms. The molecular weight excluding hydrogens is 609 g/mol. The third-order valence-electron chi connectivity index (χ3n) is 8.43. The van der Waals surface area contributed by atoms with Crippen molar-refractivity contribution in [1.29, 1.82) is 5.26 Å². The molecule has 0 spiro atoms. The molecule has 0 unspecified atom stereocenters. The van der Waals surface area contributed by atoms with Gasteiger partial charge in [0, 0.05) is 54.9 Å². The molecule has 4 heterocycles. The van der Waals surface area contributed by atoms with Crippen molar-refractivity contribution in [2.45, 2.75) is 57.8 Å². The van der Waals surface area contributed by atoms with Gasteiger partial charge < -0.3 is 24.2 Å². The zero-order valence-electron chi connectivity index (χ0n) is 26.5. The van der Waals surface area contributed by atoms with E-state index in [4.69, 9.17) is 26.1 Å². The highest BCUT2D eigenvalue weighted by atomic mass is 35.5. The van der Waals surface area contributed by atoms with Crippen LogP contribution in [0.25, 0.3) is 32.9 Å². The Balaban J connectivity index is 1.43. The van der Waals surface area contributed by atoms with Crippen LogP contribution in [0.4, 0.5) is 15.0 Å². The Hall–Kier alpha value is -4.27. The first-order valence-corrected chi connectivity index (χ1v) is 15.9. The lowest BCUT2D eigenvalue weighted by Gasteiger charge is -2.41. The van der Waals surface area contributed by atoms with Crippen LogP contribution in [0, 0.1) is 17.1 Å². The molecule has 0 bridgehead atoms. The quantitative estimate of drug-likeness (QED) is 0.242. The van der Waals surface area contributed by atoms with Crippen LogP contribution < -0.4 is 9.64 Å². The minimum absolute atomic E-state index is 0.0772. The summed E-state index contributed by atoms with van der Waals surface area (Å²) >= 11 is 6.60. The summed E-state index contributed by atoms with van der Waals surface area (Å²) in [6.45, 7) is 8.12. The van der Waals surface area contributed by atoms with Crippen LogP contribution in [0.15, 0.2) is 42.6 Å². The Labute approximate surface area is 272 Å². The van der Waals surface area contributed by atoms with E-state index >= 15 is 4.39 Å². The van der Waals surface area contributed by atoms with Gasteiger partial charge in [-0.2, -0.15) is 15.2 Å². The van der Waals surface area contributed by atoms with Gasteiger partial charge in [0.2, 0.25) is 0 Å². The number of fused-ring (bicyclic) bond motifs is 2. The summed E-state index contributed by atoms with van der Waals surface area (Å²) in [4.78, 5) is 32.8. The van der Waals surface area contributed by atoms with E-state index < -0.39 is 23.6 Å². The summed E-state index contributed by atoms with van der Waals surface area (Å²) in [7, 11) is 2.07. The number of carbonyl (C=O) groups is 1. The lowest BCUT2D eigenvalue weighted by molar-refractivity contribution is 0.0145. The molecule has 2 fully saturated rings. The molecule has 0 N–H and O–H groups in total. The van der Waals surface area contributed by atoms with Gasteiger partial charge in [-0.15, -0.1) is 0 Å². The van der Waals surface area contributed by atoms with Crippen molar-refractivity contribution in [3.05, 3.63) is 53.4 Å². The normalized spacial score (nSPS) is 18.2. The molecule has 46 heavy (non-hydrogen) atoms. The van der Waals surface area contributed by atoms with E-state index in [0.29, 0.717) is 40.3 Å². The highest BCUT2D eigenvalue weighted by Gasteiger charge is 2.35. The van der Waals surface area contributed by atoms with Crippen molar-refractivity contribution in [3.8, 4) is 23.3 Å². The number of benzene rings is 2. The molecule has 0 radical (unpaired) electrons. The number of hydrogen-bond acceptors (Lipinski definition) is 9. The molecule has 4 aromatic rings. The number of anilines is 1. The monoisotopic (exact) mass is 645 g/mol. The lowest BCUT2D eigenvalue weighted by atomic mass is 10.0. The fourth-order valence-corrected chi connectivity index (χ4v) is 6.42. The van der Waals surface area contributed by atoms with Crippen molar-refractivity contribution < 1.29 is 18.7 Å². The average Bonchev–Trinajstić information content (AvgIpc) is 3.01. The Bertz CT molecular complexity index is 1810. The number of aromatic nitrogens is 3. The second-order valence-electron chi connectivity index (χ2n) is 12.9. The highest BCUT2D eigenvalue weighted by Crippen LogP contribution is 2.38. The van der Waals surface area contributed by atoms with Gasteiger partial charge >= 0.3 is 12.1 Å². The van der Waals surface area contributed by atoms with Gasteiger partial charge in [-0.25, -0.2) is 9.18 Å². The number of piperazine rings is 1. The fraction of sp³-hybridized carbons (Fsp3) is 0.441. The van der Waals surface area contributed by atoms with Crippen molar-refractivity contribution in [1.82, 2.24) is 24.8 Å².